The molecule has 94 valence electrons. The van der Waals surface area contributed by atoms with Crippen molar-refractivity contribution in [2.75, 3.05) is 13.1 Å². The number of likely N-dealkylation sites (tertiary alicyclic amines) is 1. The van der Waals surface area contributed by atoms with Crippen LogP contribution in [0.4, 0.5) is 0 Å². The molecule has 2 atom stereocenters. The van der Waals surface area contributed by atoms with Crippen molar-refractivity contribution >= 4 is 0 Å². The van der Waals surface area contributed by atoms with Gasteiger partial charge in [0.25, 0.3) is 0 Å². The first-order chi connectivity index (χ1) is 8.33. The van der Waals surface area contributed by atoms with E-state index in [1.807, 2.05) is 0 Å². The van der Waals surface area contributed by atoms with Crippen LogP contribution in [0.15, 0.2) is 30.3 Å². The molecule has 0 spiro atoms. The Morgan fingerprint density at radius 2 is 2.00 bits per heavy atom. The summed E-state index contributed by atoms with van der Waals surface area (Å²) in [5, 5.41) is 0. The van der Waals surface area contributed by atoms with Crippen LogP contribution >= 0.6 is 0 Å². The van der Waals surface area contributed by atoms with E-state index in [4.69, 9.17) is 5.73 Å². The summed E-state index contributed by atoms with van der Waals surface area (Å²) in [4.78, 5) is 2.60. The molecular formula is C15H24N2. The molecule has 1 heterocycles. The van der Waals surface area contributed by atoms with E-state index in [0.717, 1.165) is 6.54 Å². The maximum absolute atomic E-state index is 5.94. The second-order valence-corrected chi connectivity index (χ2v) is 5.06. The molecule has 0 aromatic heterocycles. The van der Waals surface area contributed by atoms with Crippen LogP contribution in [0.5, 0.6) is 0 Å². The van der Waals surface area contributed by atoms with Gasteiger partial charge in [0.15, 0.2) is 0 Å². The summed E-state index contributed by atoms with van der Waals surface area (Å²) in [5.74, 6) is 0. The third-order valence-corrected chi connectivity index (χ3v) is 3.97. The summed E-state index contributed by atoms with van der Waals surface area (Å²) in [6.45, 7) is 4.29. The first-order valence-corrected chi connectivity index (χ1v) is 6.83. The highest BCUT2D eigenvalue weighted by Gasteiger charge is 2.24. The van der Waals surface area contributed by atoms with Crippen molar-refractivity contribution in [3.05, 3.63) is 35.9 Å². The lowest BCUT2D eigenvalue weighted by Gasteiger charge is -2.34. The number of rotatable bonds is 3. The topological polar surface area (TPSA) is 29.3 Å². The monoisotopic (exact) mass is 232 g/mol. The van der Waals surface area contributed by atoms with Crippen molar-refractivity contribution in [1.29, 1.82) is 0 Å². The standard InChI is InChI=1S/C15H24N2/c1-13(14-8-4-2-5-9-14)17-11-7-3-6-10-15(17)12-16/h2,4-5,8-9,13,15H,3,6-7,10-12,16H2,1H3. The number of hydrogen-bond donors (Lipinski definition) is 1. The fraction of sp³-hybridized carbons (Fsp3) is 0.600. The summed E-state index contributed by atoms with van der Waals surface area (Å²) in [5.41, 5.74) is 7.35. The molecule has 2 rings (SSSR count). The summed E-state index contributed by atoms with van der Waals surface area (Å²) in [6, 6.07) is 11.8. The second-order valence-electron chi connectivity index (χ2n) is 5.06. The van der Waals surface area contributed by atoms with Crippen molar-refractivity contribution in [2.24, 2.45) is 5.73 Å². The Balaban J connectivity index is 2.12. The lowest BCUT2D eigenvalue weighted by molar-refractivity contribution is 0.150. The lowest BCUT2D eigenvalue weighted by Crippen LogP contribution is -2.41. The van der Waals surface area contributed by atoms with E-state index in [9.17, 15) is 0 Å². The molecule has 1 aromatic rings. The molecule has 1 fully saturated rings. The van der Waals surface area contributed by atoms with Gasteiger partial charge in [-0.2, -0.15) is 0 Å². The minimum atomic E-state index is 0.489. The van der Waals surface area contributed by atoms with Crippen LogP contribution in [-0.2, 0) is 0 Å². The van der Waals surface area contributed by atoms with E-state index in [1.54, 1.807) is 0 Å². The van der Waals surface area contributed by atoms with Crippen LogP contribution in [-0.4, -0.2) is 24.0 Å². The van der Waals surface area contributed by atoms with Crippen molar-refractivity contribution in [2.45, 2.75) is 44.7 Å². The highest BCUT2D eigenvalue weighted by atomic mass is 15.2. The van der Waals surface area contributed by atoms with Gasteiger partial charge in [-0.25, -0.2) is 0 Å². The van der Waals surface area contributed by atoms with Crippen LogP contribution in [0, 0.1) is 0 Å². The fourth-order valence-electron chi connectivity index (χ4n) is 2.89. The molecule has 1 aliphatic heterocycles. The van der Waals surface area contributed by atoms with Gasteiger partial charge < -0.3 is 5.73 Å². The zero-order chi connectivity index (χ0) is 12.1. The van der Waals surface area contributed by atoms with Crippen molar-refractivity contribution in [1.82, 2.24) is 4.90 Å². The van der Waals surface area contributed by atoms with E-state index in [0.29, 0.717) is 12.1 Å². The Morgan fingerprint density at radius 1 is 1.24 bits per heavy atom. The Morgan fingerprint density at radius 3 is 2.71 bits per heavy atom. The number of nitrogens with zero attached hydrogens (tertiary/aromatic N) is 1. The van der Waals surface area contributed by atoms with E-state index in [-0.39, 0.29) is 0 Å². The van der Waals surface area contributed by atoms with Gasteiger partial charge in [-0.3, -0.25) is 4.90 Å². The van der Waals surface area contributed by atoms with Gasteiger partial charge in [-0.15, -0.1) is 0 Å². The van der Waals surface area contributed by atoms with Gasteiger partial charge >= 0.3 is 0 Å². The van der Waals surface area contributed by atoms with Gasteiger partial charge in [0.05, 0.1) is 0 Å². The summed E-state index contributed by atoms with van der Waals surface area (Å²) in [6.07, 6.45) is 5.26. The molecule has 1 aromatic carbocycles. The average molecular weight is 232 g/mol. The van der Waals surface area contributed by atoms with Crippen LogP contribution in [0.3, 0.4) is 0 Å². The van der Waals surface area contributed by atoms with Crippen molar-refractivity contribution < 1.29 is 0 Å². The quantitative estimate of drug-likeness (QED) is 0.868. The van der Waals surface area contributed by atoms with Gasteiger partial charge in [0.1, 0.15) is 0 Å². The highest BCUT2D eigenvalue weighted by molar-refractivity contribution is 5.18. The van der Waals surface area contributed by atoms with Gasteiger partial charge in [0, 0.05) is 18.6 Å². The summed E-state index contributed by atoms with van der Waals surface area (Å²) in [7, 11) is 0. The van der Waals surface area contributed by atoms with Crippen LogP contribution < -0.4 is 5.73 Å². The Labute approximate surface area is 105 Å². The van der Waals surface area contributed by atoms with Gasteiger partial charge in [0.2, 0.25) is 0 Å². The molecule has 2 nitrogen and oxygen atoms in total. The number of hydrogen-bond acceptors (Lipinski definition) is 2. The molecule has 0 radical (unpaired) electrons. The second kappa shape index (κ2) is 6.18. The molecular weight excluding hydrogens is 208 g/mol. The highest BCUT2D eigenvalue weighted by Crippen LogP contribution is 2.27. The first kappa shape index (κ1) is 12.6. The van der Waals surface area contributed by atoms with Crippen molar-refractivity contribution in [3.8, 4) is 0 Å². The van der Waals surface area contributed by atoms with Crippen LogP contribution in [0.1, 0.15) is 44.2 Å². The Hall–Kier alpha value is -0.860. The zero-order valence-corrected chi connectivity index (χ0v) is 10.8. The van der Waals surface area contributed by atoms with E-state index in [1.165, 1.54) is 37.8 Å². The molecule has 2 unspecified atom stereocenters. The molecule has 1 aliphatic rings. The Bertz CT molecular complexity index is 323. The van der Waals surface area contributed by atoms with Gasteiger partial charge in [-0.1, -0.05) is 43.2 Å². The zero-order valence-electron chi connectivity index (χ0n) is 10.8. The molecule has 0 aliphatic carbocycles. The maximum Gasteiger partial charge on any atom is 0.0323 e. The Kier molecular flexibility index (Phi) is 4.57. The van der Waals surface area contributed by atoms with E-state index in [2.05, 4.69) is 42.2 Å². The molecule has 0 amide bonds. The van der Waals surface area contributed by atoms with Crippen molar-refractivity contribution in [3.63, 3.8) is 0 Å². The molecule has 1 saturated heterocycles. The van der Waals surface area contributed by atoms with E-state index < -0.39 is 0 Å². The molecule has 0 bridgehead atoms. The minimum absolute atomic E-state index is 0.489. The molecule has 2 N–H and O–H groups in total. The SMILES string of the molecule is CC(c1ccccc1)N1CCCCCC1CN. The largest absolute Gasteiger partial charge is 0.329 e. The number of nitrogens with two attached hydrogens (primary N) is 1. The fourth-order valence-corrected chi connectivity index (χ4v) is 2.89. The maximum atomic E-state index is 5.94. The predicted octanol–water partition coefficient (Wildman–Crippen LogP) is 2.95. The predicted molar refractivity (Wildman–Crippen MR) is 72.9 cm³/mol. The normalized spacial score (nSPS) is 24.2. The van der Waals surface area contributed by atoms with Crippen LogP contribution in [0.2, 0.25) is 0 Å². The number of benzene rings is 1. The summed E-state index contributed by atoms with van der Waals surface area (Å²) < 4.78 is 0. The molecule has 17 heavy (non-hydrogen) atoms. The first-order valence-electron chi connectivity index (χ1n) is 6.83. The third-order valence-electron chi connectivity index (χ3n) is 3.97. The van der Waals surface area contributed by atoms with Crippen LogP contribution in [0.25, 0.3) is 0 Å². The summed E-state index contributed by atoms with van der Waals surface area (Å²) >= 11 is 0. The molecule has 2 heteroatoms. The average Bonchev–Trinajstić information content (AvgIpc) is 2.64. The minimum Gasteiger partial charge on any atom is -0.329 e. The smallest absolute Gasteiger partial charge is 0.0323 e. The molecule has 0 saturated carbocycles. The van der Waals surface area contributed by atoms with Gasteiger partial charge in [-0.05, 0) is 31.9 Å². The third kappa shape index (κ3) is 3.08. The lowest BCUT2D eigenvalue weighted by atomic mass is 10.0. The van der Waals surface area contributed by atoms with E-state index >= 15 is 0 Å².